The van der Waals surface area contributed by atoms with E-state index in [1.54, 1.807) is 0 Å². The molecule has 5 heteroatoms. The molecule has 0 bridgehead atoms. The molecule has 110 valence electrons. The molecule has 0 radical (unpaired) electrons. The maximum Gasteiger partial charge on any atom is 0.305 e. The average Bonchev–Trinajstić information content (AvgIpc) is 2.37. The molecule has 1 aromatic rings. The number of carboxylic acids is 1. The standard InChI is InChI=1S/C15H20FNO3/c1-11(2)6-8-17(9-7-14(18)19)15(20)12-4-3-5-13(16)10-12/h3-5,10-11H,6-9H2,1-2H3,(H,18,19). The summed E-state index contributed by atoms with van der Waals surface area (Å²) in [5.41, 5.74) is 0.249. The van der Waals surface area contributed by atoms with Crippen molar-refractivity contribution in [3.8, 4) is 0 Å². The summed E-state index contributed by atoms with van der Waals surface area (Å²) in [5, 5.41) is 8.74. The molecule has 1 rings (SSSR count). The number of hydrogen-bond donors (Lipinski definition) is 1. The van der Waals surface area contributed by atoms with Crippen molar-refractivity contribution < 1.29 is 19.1 Å². The zero-order valence-corrected chi connectivity index (χ0v) is 11.8. The van der Waals surface area contributed by atoms with E-state index >= 15 is 0 Å². The van der Waals surface area contributed by atoms with Crippen LogP contribution in [0.5, 0.6) is 0 Å². The highest BCUT2D eigenvalue weighted by Gasteiger charge is 2.17. The third kappa shape index (κ3) is 5.38. The fourth-order valence-corrected chi connectivity index (χ4v) is 1.76. The number of rotatable bonds is 7. The number of carbonyl (C=O) groups excluding carboxylic acids is 1. The topological polar surface area (TPSA) is 57.6 Å². The molecule has 0 spiro atoms. The van der Waals surface area contributed by atoms with Gasteiger partial charge in [0, 0.05) is 18.7 Å². The van der Waals surface area contributed by atoms with Crippen LogP contribution in [0.4, 0.5) is 4.39 Å². The monoisotopic (exact) mass is 281 g/mol. The molecule has 0 aromatic heterocycles. The first-order chi connectivity index (χ1) is 9.40. The van der Waals surface area contributed by atoms with Crippen molar-refractivity contribution in [1.82, 2.24) is 4.90 Å². The van der Waals surface area contributed by atoms with Crippen LogP contribution < -0.4 is 0 Å². The minimum Gasteiger partial charge on any atom is -0.481 e. The molecule has 0 atom stereocenters. The second-order valence-electron chi connectivity index (χ2n) is 5.13. The second-order valence-corrected chi connectivity index (χ2v) is 5.13. The van der Waals surface area contributed by atoms with Crippen molar-refractivity contribution in [1.29, 1.82) is 0 Å². The molecule has 1 aromatic carbocycles. The Bertz CT molecular complexity index is 474. The molecular formula is C15H20FNO3. The van der Waals surface area contributed by atoms with Crippen molar-refractivity contribution in [2.45, 2.75) is 26.7 Å². The minimum atomic E-state index is -0.952. The predicted molar refractivity (Wildman–Crippen MR) is 74.0 cm³/mol. The normalized spacial score (nSPS) is 10.6. The molecular weight excluding hydrogens is 261 g/mol. The highest BCUT2D eigenvalue weighted by Crippen LogP contribution is 2.10. The summed E-state index contributed by atoms with van der Waals surface area (Å²) in [6.45, 7) is 4.67. The Labute approximate surface area is 118 Å². The van der Waals surface area contributed by atoms with Crippen molar-refractivity contribution >= 4 is 11.9 Å². The average molecular weight is 281 g/mol. The zero-order chi connectivity index (χ0) is 15.1. The van der Waals surface area contributed by atoms with Crippen LogP contribution in [0.3, 0.4) is 0 Å². The fourth-order valence-electron chi connectivity index (χ4n) is 1.76. The van der Waals surface area contributed by atoms with E-state index in [4.69, 9.17) is 5.11 Å². The van der Waals surface area contributed by atoms with Gasteiger partial charge in [-0.2, -0.15) is 0 Å². The Hall–Kier alpha value is -1.91. The minimum absolute atomic E-state index is 0.112. The van der Waals surface area contributed by atoms with Crippen molar-refractivity contribution in [3.63, 3.8) is 0 Å². The van der Waals surface area contributed by atoms with Gasteiger partial charge >= 0.3 is 5.97 Å². The van der Waals surface area contributed by atoms with E-state index in [-0.39, 0.29) is 24.4 Å². The Kier molecular flexibility index (Phi) is 6.15. The fraction of sp³-hybridized carbons (Fsp3) is 0.467. The molecule has 0 saturated heterocycles. The van der Waals surface area contributed by atoms with Gasteiger partial charge in [0.15, 0.2) is 0 Å². The van der Waals surface area contributed by atoms with Crippen LogP contribution >= 0.6 is 0 Å². The number of carbonyl (C=O) groups is 2. The number of carboxylic acid groups (broad SMARTS) is 1. The lowest BCUT2D eigenvalue weighted by Gasteiger charge is -2.23. The molecule has 0 aliphatic rings. The van der Waals surface area contributed by atoms with Crippen molar-refractivity contribution in [2.75, 3.05) is 13.1 Å². The van der Waals surface area contributed by atoms with E-state index in [0.717, 1.165) is 6.42 Å². The number of amides is 1. The van der Waals surface area contributed by atoms with E-state index in [9.17, 15) is 14.0 Å². The number of hydrogen-bond acceptors (Lipinski definition) is 2. The summed E-state index contributed by atoms with van der Waals surface area (Å²) in [6, 6.07) is 5.45. The smallest absolute Gasteiger partial charge is 0.305 e. The van der Waals surface area contributed by atoms with Gasteiger partial charge in [0.2, 0.25) is 0 Å². The second kappa shape index (κ2) is 7.62. The Balaban J connectivity index is 2.79. The lowest BCUT2D eigenvalue weighted by atomic mass is 10.1. The van der Waals surface area contributed by atoms with Crippen molar-refractivity contribution in [2.24, 2.45) is 5.92 Å². The van der Waals surface area contributed by atoms with Gasteiger partial charge < -0.3 is 10.0 Å². The summed E-state index contributed by atoms with van der Waals surface area (Å²) in [5.74, 6) is -1.35. The van der Waals surface area contributed by atoms with Gasteiger partial charge in [0.05, 0.1) is 6.42 Å². The van der Waals surface area contributed by atoms with E-state index < -0.39 is 11.8 Å². The Morgan fingerprint density at radius 2 is 2.00 bits per heavy atom. The van der Waals surface area contributed by atoms with Crippen LogP contribution in [-0.4, -0.2) is 35.0 Å². The molecule has 4 nitrogen and oxygen atoms in total. The van der Waals surface area contributed by atoms with Crippen LogP contribution in [0, 0.1) is 11.7 Å². The largest absolute Gasteiger partial charge is 0.481 e. The highest BCUT2D eigenvalue weighted by molar-refractivity contribution is 5.94. The number of aliphatic carboxylic acids is 1. The molecule has 1 amide bonds. The zero-order valence-electron chi connectivity index (χ0n) is 11.8. The highest BCUT2D eigenvalue weighted by atomic mass is 19.1. The summed E-state index contributed by atoms with van der Waals surface area (Å²) in [6.07, 6.45) is 0.666. The summed E-state index contributed by atoms with van der Waals surface area (Å²) in [7, 11) is 0. The quantitative estimate of drug-likeness (QED) is 0.836. The number of halogens is 1. The van der Waals surface area contributed by atoms with E-state index in [1.165, 1.54) is 29.2 Å². The predicted octanol–water partition coefficient (Wildman–Crippen LogP) is 2.79. The molecule has 0 saturated carbocycles. The maximum absolute atomic E-state index is 13.2. The van der Waals surface area contributed by atoms with Crippen LogP contribution in [-0.2, 0) is 4.79 Å². The van der Waals surface area contributed by atoms with Crippen molar-refractivity contribution in [3.05, 3.63) is 35.6 Å². The van der Waals surface area contributed by atoms with Gasteiger partial charge in [0.1, 0.15) is 5.82 Å². The number of nitrogens with zero attached hydrogens (tertiary/aromatic N) is 1. The molecule has 1 N–H and O–H groups in total. The summed E-state index contributed by atoms with van der Waals surface area (Å²) >= 11 is 0. The molecule has 0 aliphatic heterocycles. The van der Waals surface area contributed by atoms with E-state index in [2.05, 4.69) is 0 Å². The van der Waals surface area contributed by atoms with E-state index in [1.807, 2.05) is 13.8 Å². The Morgan fingerprint density at radius 1 is 1.30 bits per heavy atom. The summed E-state index contributed by atoms with van der Waals surface area (Å²) < 4.78 is 13.2. The van der Waals surface area contributed by atoms with Crippen LogP contribution in [0.1, 0.15) is 37.0 Å². The van der Waals surface area contributed by atoms with Gasteiger partial charge in [0.25, 0.3) is 5.91 Å². The van der Waals surface area contributed by atoms with Crippen LogP contribution in [0.15, 0.2) is 24.3 Å². The third-order valence-electron chi connectivity index (χ3n) is 2.93. The lowest BCUT2D eigenvalue weighted by molar-refractivity contribution is -0.137. The molecule has 20 heavy (non-hydrogen) atoms. The van der Waals surface area contributed by atoms with Gasteiger partial charge in [-0.15, -0.1) is 0 Å². The first kappa shape index (κ1) is 16.1. The van der Waals surface area contributed by atoms with Crippen LogP contribution in [0.25, 0.3) is 0 Å². The van der Waals surface area contributed by atoms with Gasteiger partial charge in [-0.25, -0.2) is 4.39 Å². The van der Waals surface area contributed by atoms with E-state index in [0.29, 0.717) is 12.5 Å². The molecule has 0 fully saturated rings. The lowest BCUT2D eigenvalue weighted by Crippen LogP contribution is -2.34. The van der Waals surface area contributed by atoms with Gasteiger partial charge in [-0.05, 0) is 30.5 Å². The maximum atomic E-state index is 13.2. The third-order valence-corrected chi connectivity index (χ3v) is 2.93. The van der Waals surface area contributed by atoms with Gasteiger partial charge in [-0.1, -0.05) is 19.9 Å². The van der Waals surface area contributed by atoms with Crippen LogP contribution in [0.2, 0.25) is 0 Å². The molecule has 0 unspecified atom stereocenters. The summed E-state index contributed by atoms with van der Waals surface area (Å²) in [4.78, 5) is 24.4. The first-order valence-corrected chi connectivity index (χ1v) is 6.66. The molecule has 0 aliphatic carbocycles. The SMILES string of the molecule is CC(C)CCN(CCC(=O)O)C(=O)c1cccc(F)c1. The van der Waals surface area contributed by atoms with Gasteiger partial charge in [-0.3, -0.25) is 9.59 Å². The number of benzene rings is 1. The first-order valence-electron chi connectivity index (χ1n) is 6.66. The molecule has 0 heterocycles. The Morgan fingerprint density at radius 3 is 2.55 bits per heavy atom.